The van der Waals surface area contributed by atoms with Gasteiger partial charge in [-0.1, -0.05) is 61.8 Å². The van der Waals surface area contributed by atoms with Gasteiger partial charge in [-0.15, -0.1) is 9.24 Å². The highest BCUT2D eigenvalue weighted by Gasteiger charge is 2.34. The summed E-state index contributed by atoms with van der Waals surface area (Å²) < 4.78 is 5.96. The maximum absolute atomic E-state index is 12.5. The van der Waals surface area contributed by atoms with Crippen molar-refractivity contribution in [1.82, 2.24) is 0 Å². The minimum atomic E-state index is -0.463. The number of hydrogen-bond acceptors (Lipinski definition) is 3. The zero-order valence-electron chi connectivity index (χ0n) is 14.9. The van der Waals surface area contributed by atoms with E-state index in [4.69, 9.17) is 4.65 Å². The van der Waals surface area contributed by atoms with E-state index in [1.807, 2.05) is 38.1 Å². The van der Waals surface area contributed by atoms with Crippen LogP contribution in [0.1, 0.15) is 48.4 Å². The minimum absolute atomic E-state index is 0.123. The normalized spacial score (nSPS) is 14.1. The minimum Gasteiger partial charge on any atom is -0.429 e. The van der Waals surface area contributed by atoms with Crippen LogP contribution >= 0.6 is 9.24 Å². The number of Topliss-reactive ketones (excluding diaryl/α,β-unsaturated/α-hetero) is 2. The molecule has 0 aliphatic heterocycles. The molecule has 1 radical (unpaired) electrons. The molecule has 3 nitrogen and oxygen atoms in total. The Balaban J connectivity index is 1.94. The number of carbonyl (C=O) groups is 2. The monoisotopic (exact) mass is 351 g/mol. The van der Waals surface area contributed by atoms with E-state index in [0.29, 0.717) is 11.1 Å². The molecule has 0 bridgehead atoms. The molecule has 0 heterocycles. The van der Waals surface area contributed by atoms with E-state index in [0.717, 1.165) is 16.6 Å². The van der Waals surface area contributed by atoms with Crippen LogP contribution in [-0.2, 0) is 4.65 Å². The third-order valence-corrected chi connectivity index (χ3v) is 5.69. The van der Waals surface area contributed by atoms with Gasteiger partial charge in [0.05, 0.1) is 5.60 Å². The Hall–Kier alpha value is -1.77. The molecule has 25 heavy (non-hydrogen) atoms. The Morgan fingerprint density at radius 2 is 1.40 bits per heavy atom. The molecule has 0 fully saturated rings. The summed E-state index contributed by atoms with van der Waals surface area (Å²) in [6, 6.07) is 12.7. The Morgan fingerprint density at radius 1 is 0.840 bits per heavy atom. The van der Waals surface area contributed by atoms with Crippen molar-refractivity contribution in [3.63, 3.8) is 0 Å². The number of rotatable bonds is 4. The molecule has 0 saturated carbocycles. The molecule has 0 N–H and O–H groups in total. The lowest BCUT2D eigenvalue weighted by atomic mass is 9.78. The SMILES string of the molecule is CC(C)(P)C(C)(C)O[B]c1ccc2c(c1)C(=O)C(=O)c1ccccc1-2. The van der Waals surface area contributed by atoms with Crippen LogP contribution in [0.2, 0.25) is 0 Å². The van der Waals surface area contributed by atoms with Gasteiger partial charge in [0.25, 0.3) is 0 Å². The number of ketones is 2. The molecule has 3 rings (SSSR count). The fraction of sp³-hybridized carbons (Fsp3) is 0.300. The van der Waals surface area contributed by atoms with Gasteiger partial charge in [-0.05, 0) is 25.0 Å². The Bertz CT molecular complexity index is 865. The second kappa shape index (κ2) is 6.19. The molecule has 0 amide bonds. The fourth-order valence-electron chi connectivity index (χ4n) is 2.59. The summed E-state index contributed by atoms with van der Waals surface area (Å²) in [6.07, 6.45) is 0. The van der Waals surface area contributed by atoms with Crippen molar-refractivity contribution in [3.8, 4) is 11.1 Å². The zero-order chi connectivity index (χ0) is 18.4. The molecule has 2 aromatic carbocycles. The predicted octanol–water partition coefficient (Wildman–Crippen LogP) is 3.43. The van der Waals surface area contributed by atoms with Crippen LogP contribution in [0, 0.1) is 0 Å². The molecule has 1 unspecified atom stereocenters. The van der Waals surface area contributed by atoms with Gasteiger partial charge in [-0.25, -0.2) is 0 Å². The topological polar surface area (TPSA) is 43.4 Å². The summed E-state index contributed by atoms with van der Waals surface area (Å²) in [5, 5.41) is -0.123. The molecule has 127 valence electrons. The Morgan fingerprint density at radius 3 is 2.04 bits per heavy atom. The molecule has 0 spiro atoms. The van der Waals surface area contributed by atoms with Crippen molar-refractivity contribution in [3.05, 3.63) is 53.6 Å². The average Bonchev–Trinajstić information content (AvgIpc) is 2.57. The first-order chi connectivity index (χ1) is 11.6. The van der Waals surface area contributed by atoms with Gasteiger partial charge in [0.2, 0.25) is 11.6 Å². The quantitative estimate of drug-likeness (QED) is 0.482. The van der Waals surface area contributed by atoms with Crippen LogP contribution < -0.4 is 5.46 Å². The number of hydrogen-bond donors (Lipinski definition) is 0. The summed E-state index contributed by atoms with van der Waals surface area (Å²) >= 11 is 0. The van der Waals surface area contributed by atoms with Crippen molar-refractivity contribution >= 4 is 33.8 Å². The van der Waals surface area contributed by atoms with Gasteiger partial charge in [-0.3, -0.25) is 9.59 Å². The maximum atomic E-state index is 12.5. The molecular formula is C20H21BO3P. The Kier molecular flexibility index (Phi) is 4.47. The highest BCUT2D eigenvalue weighted by molar-refractivity contribution is 7.19. The number of benzene rings is 2. The summed E-state index contributed by atoms with van der Waals surface area (Å²) in [6.45, 7) is 8.19. The standard InChI is InChI=1S/C20H21BO3P/c1-19(2,20(3,4)25)24-21-12-9-10-14-13-7-5-6-8-15(13)17(22)18(23)16(14)11-12/h5-11H,25H2,1-4H3. The molecule has 5 heteroatoms. The van der Waals surface area contributed by atoms with Crippen LogP contribution in [-0.4, -0.2) is 29.8 Å². The average molecular weight is 351 g/mol. The number of carbonyl (C=O) groups excluding carboxylic acids is 2. The van der Waals surface area contributed by atoms with Crippen LogP contribution in [0.3, 0.4) is 0 Å². The lowest BCUT2D eigenvalue weighted by Gasteiger charge is -2.39. The largest absolute Gasteiger partial charge is 0.429 e. The second-order valence-electron chi connectivity index (χ2n) is 7.48. The van der Waals surface area contributed by atoms with E-state index in [2.05, 4.69) is 23.1 Å². The summed E-state index contributed by atoms with van der Waals surface area (Å²) in [4.78, 5) is 24.8. The lowest BCUT2D eigenvalue weighted by Crippen LogP contribution is -2.45. The highest BCUT2D eigenvalue weighted by atomic mass is 31.0. The van der Waals surface area contributed by atoms with Crippen LogP contribution in [0.5, 0.6) is 0 Å². The number of fused-ring (bicyclic) bond motifs is 3. The molecule has 0 saturated heterocycles. The lowest BCUT2D eigenvalue weighted by molar-refractivity contribution is 0.0815. The van der Waals surface area contributed by atoms with E-state index >= 15 is 0 Å². The van der Waals surface area contributed by atoms with E-state index in [1.165, 1.54) is 0 Å². The van der Waals surface area contributed by atoms with Crippen LogP contribution in [0.25, 0.3) is 11.1 Å². The van der Waals surface area contributed by atoms with Crippen LogP contribution in [0.4, 0.5) is 0 Å². The molecule has 2 aromatic rings. The summed E-state index contributed by atoms with van der Waals surface area (Å²) in [5.41, 5.74) is 2.87. The maximum Gasteiger partial charge on any atom is 0.330 e. The van der Waals surface area contributed by atoms with Crippen molar-refractivity contribution < 1.29 is 14.2 Å². The molecule has 0 aromatic heterocycles. The molecular weight excluding hydrogens is 330 g/mol. The van der Waals surface area contributed by atoms with Crippen LogP contribution in [0.15, 0.2) is 42.5 Å². The zero-order valence-corrected chi connectivity index (χ0v) is 16.1. The van der Waals surface area contributed by atoms with Gasteiger partial charge >= 0.3 is 7.48 Å². The van der Waals surface area contributed by atoms with E-state index in [1.54, 1.807) is 25.7 Å². The van der Waals surface area contributed by atoms with Gasteiger partial charge in [0.15, 0.2) is 0 Å². The summed E-state index contributed by atoms with van der Waals surface area (Å²) in [7, 11) is 4.44. The van der Waals surface area contributed by atoms with Crippen molar-refractivity contribution in [1.29, 1.82) is 0 Å². The van der Waals surface area contributed by atoms with Crippen molar-refractivity contribution in [2.45, 2.75) is 38.5 Å². The Labute approximate surface area is 151 Å². The predicted molar refractivity (Wildman–Crippen MR) is 105 cm³/mol. The smallest absolute Gasteiger partial charge is 0.330 e. The van der Waals surface area contributed by atoms with Gasteiger partial charge in [0.1, 0.15) is 0 Å². The molecule has 1 atom stereocenters. The highest BCUT2D eigenvalue weighted by Crippen LogP contribution is 2.34. The second-order valence-corrected chi connectivity index (χ2v) is 8.92. The van der Waals surface area contributed by atoms with E-state index in [9.17, 15) is 9.59 Å². The summed E-state index contributed by atoms with van der Waals surface area (Å²) in [5.74, 6) is -0.915. The van der Waals surface area contributed by atoms with Crippen molar-refractivity contribution in [2.24, 2.45) is 0 Å². The molecule has 1 aliphatic rings. The van der Waals surface area contributed by atoms with E-state index < -0.39 is 17.2 Å². The first-order valence-electron chi connectivity index (χ1n) is 8.24. The van der Waals surface area contributed by atoms with Crippen molar-refractivity contribution in [2.75, 3.05) is 0 Å². The molecule has 1 aliphatic carbocycles. The van der Waals surface area contributed by atoms with Gasteiger partial charge in [-0.2, -0.15) is 0 Å². The third-order valence-electron chi connectivity index (χ3n) is 5.00. The van der Waals surface area contributed by atoms with E-state index in [-0.39, 0.29) is 5.16 Å². The fourth-order valence-corrected chi connectivity index (χ4v) is 2.65. The van der Waals surface area contributed by atoms with Gasteiger partial charge < -0.3 is 4.65 Å². The first-order valence-corrected chi connectivity index (χ1v) is 8.82. The first kappa shape index (κ1) is 18.0. The third kappa shape index (κ3) is 3.21. The van der Waals surface area contributed by atoms with Gasteiger partial charge in [0, 0.05) is 16.3 Å².